The normalized spacial score (nSPS) is 19.2. The zero-order chi connectivity index (χ0) is 13.2. The monoisotopic (exact) mass is 256 g/mol. The van der Waals surface area contributed by atoms with Crippen molar-refractivity contribution in [1.29, 1.82) is 0 Å². The van der Waals surface area contributed by atoms with Crippen molar-refractivity contribution in [2.45, 2.75) is 25.9 Å². The van der Waals surface area contributed by atoms with Crippen LogP contribution in [0.3, 0.4) is 0 Å². The van der Waals surface area contributed by atoms with E-state index in [1.807, 2.05) is 0 Å². The van der Waals surface area contributed by atoms with Gasteiger partial charge >= 0.3 is 0 Å². The van der Waals surface area contributed by atoms with Gasteiger partial charge in [-0.25, -0.2) is 4.39 Å². The van der Waals surface area contributed by atoms with Gasteiger partial charge in [0.05, 0.1) is 5.69 Å². The summed E-state index contributed by atoms with van der Waals surface area (Å²) in [5, 5.41) is 0. The molecule has 2 aromatic rings. The van der Waals surface area contributed by atoms with E-state index in [1.54, 1.807) is 12.3 Å². The minimum absolute atomic E-state index is 0.214. The number of nitrogens with zero attached hydrogens (tertiary/aromatic N) is 2. The summed E-state index contributed by atoms with van der Waals surface area (Å²) in [7, 11) is 0. The summed E-state index contributed by atoms with van der Waals surface area (Å²) in [4.78, 5) is 6.43. The molecule has 1 unspecified atom stereocenters. The molecule has 1 atom stereocenters. The molecular formula is C16H17FN2. The fraction of sp³-hybridized carbons (Fsp3) is 0.312. The zero-order valence-corrected chi connectivity index (χ0v) is 11.0. The van der Waals surface area contributed by atoms with Crippen molar-refractivity contribution in [2.75, 3.05) is 6.54 Å². The minimum atomic E-state index is -0.214. The van der Waals surface area contributed by atoms with E-state index in [2.05, 4.69) is 41.1 Å². The average molecular weight is 256 g/mol. The SMILES string of the molecule is CC1c2ccccc2CCN1Cc1ncccc1F. The van der Waals surface area contributed by atoms with E-state index in [1.165, 1.54) is 17.2 Å². The number of benzene rings is 1. The number of aromatic nitrogens is 1. The number of rotatable bonds is 2. The van der Waals surface area contributed by atoms with Gasteiger partial charge in [-0.05, 0) is 36.6 Å². The second kappa shape index (κ2) is 5.10. The van der Waals surface area contributed by atoms with E-state index in [-0.39, 0.29) is 5.82 Å². The van der Waals surface area contributed by atoms with Crippen LogP contribution in [0.4, 0.5) is 4.39 Å². The van der Waals surface area contributed by atoms with Crippen molar-refractivity contribution in [3.8, 4) is 0 Å². The van der Waals surface area contributed by atoms with Gasteiger partial charge in [-0.2, -0.15) is 0 Å². The summed E-state index contributed by atoms with van der Waals surface area (Å²) in [6, 6.07) is 11.9. The Labute approximate surface area is 112 Å². The quantitative estimate of drug-likeness (QED) is 0.819. The van der Waals surface area contributed by atoms with Crippen LogP contribution in [0.25, 0.3) is 0 Å². The predicted molar refractivity (Wildman–Crippen MR) is 73.2 cm³/mol. The number of halogens is 1. The standard InChI is InChI=1S/C16H17FN2/c1-12-14-6-3-2-5-13(14)8-10-19(12)11-16-15(17)7-4-9-18-16/h2-7,9,12H,8,10-11H2,1H3. The molecule has 1 aromatic heterocycles. The molecule has 3 rings (SSSR count). The highest BCUT2D eigenvalue weighted by atomic mass is 19.1. The van der Waals surface area contributed by atoms with E-state index in [9.17, 15) is 4.39 Å². The Hall–Kier alpha value is -1.74. The molecule has 3 heteroatoms. The molecule has 0 amide bonds. The lowest BCUT2D eigenvalue weighted by Crippen LogP contribution is -2.34. The Bertz CT molecular complexity index is 582. The van der Waals surface area contributed by atoms with Crippen LogP contribution >= 0.6 is 0 Å². The lowest BCUT2D eigenvalue weighted by Gasteiger charge is -2.35. The van der Waals surface area contributed by atoms with E-state index < -0.39 is 0 Å². The second-order valence-electron chi connectivity index (χ2n) is 5.03. The highest BCUT2D eigenvalue weighted by Gasteiger charge is 2.24. The van der Waals surface area contributed by atoms with Crippen molar-refractivity contribution >= 4 is 0 Å². The third-order valence-corrected chi connectivity index (χ3v) is 3.91. The Balaban J connectivity index is 1.83. The Kier molecular flexibility index (Phi) is 3.30. The van der Waals surface area contributed by atoms with Gasteiger partial charge in [0.15, 0.2) is 0 Å². The Morgan fingerprint density at radius 3 is 2.95 bits per heavy atom. The van der Waals surface area contributed by atoms with Gasteiger partial charge in [-0.3, -0.25) is 9.88 Å². The van der Waals surface area contributed by atoms with Crippen LogP contribution in [0.2, 0.25) is 0 Å². The summed E-state index contributed by atoms with van der Waals surface area (Å²) in [5.41, 5.74) is 3.30. The smallest absolute Gasteiger partial charge is 0.146 e. The number of fused-ring (bicyclic) bond motifs is 1. The molecule has 1 aliphatic heterocycles. The molecule has 0 saturated heterocycles. The van der Waals surface area contributed by atoms with Crippen LogP contribution in [0, 0.1) is 5.82 Å². The lowest BCUT2D eigenvalue weighted by atomic mass is 9.93. The molecule has 0 spiro atoms. The van der Waals surface area contributed by atoms with Crippen LogP contribution in [0.15, 0.2) is 42.6 Å². The van der Waals surface area contributed by atoms with Gasteiger partial charge in [-0.1, -0.05) is 24.3 Å². The van der Waals surface area contributed by atoms with Crippen LogP contribution in [-0.4, -0.2) is 16.4 Å². The van der Waals surface area contributed by atoms with Crippen molar-refractivity contribution in [2.24, 2.45) is 0 Å². The van der Waals surface area contributed by atoms with E-state index >= 15 is 0 Å². The fourth-order valence-electron chi connectivity index (χ4n) is 2.77. The van der Waals surface area contributed by atoms with Crippen LogP contribution in [-0.2, 0) is 13.0 Å². The van der Waals surface area contributed by atoms with Gasteiger partial charge in [0.2, 0.25) is 0 Å². The van der Waals surface area contributed by atoms with Crippen molar-refractivity contribution in [3.05, 3.63) is 65.2 Å². The first-order valence-corrected chi connectivity index (χ1v) is 6.67. The maximum absolute atomic E-state index is 13.7. The number of hydrogen-bond acceptors (Lipinski definition) is 2. The molecule has 0 radical (unpaired) electrons. The molecule has 0 saturated carbocycles. The molecule has 0 N–H and O–H groups in total. The number of pyridine rings is 1. The zero-order valence-electron chi connectivity index (χ0n) is 11.0. The third-order valence-electron chi connectivity index (χ3n) is 3.91. The van der Waals surface area contributed by atoms with E-state index in [4.69, 9.17) is 0 Å². The summed E-state index contributed by atoms with van der Waals surface area (Å²) in [6.45, 7) is 3.70. The molecule has 2 heterocycles. The van der Waals surface area contributed by atoms with Crippen LogP contribution < -0.4 is 0 Å². The maximum Gasteiger partial charge on any atom is 0.146 e. The first-order chi connectivity index (χ1) is 9.25. The van der Waals surface area contributed by atoms with Crippen LogP contribution in [0.1, 0.15) is 29.8 Å². The first-order valence-electron chi connectivity index (χ1n) is 6.67. The fourth-order valence-corrected chi connectivity index (χ4v) is 2.77. The molecule has 19 heavy (non-hydrogen) atoms. The molecule has 1 aromatic carbocycles. The van der Waals surface area contributed by atoms with Gasteiger partial charge in [0, 0.05) is 25.3 Å². The summed E-state index contributed by atoms with van der Waals surface area (Å²) in [5.74, 6) is -0.214. The second-order valence-corrected chi connectivity index (χ2v) is 5.03. The van der Waals surface area contributed by atoms with Crippen LogP contribution in [0.5, 0.6) is 0 Å². The first kappa shape index (κ1) is 12.3. The van der Waals surface area contributed by atoms with Crippen molar-refractivity contribution in [1.82, 2.24) is 9.88 Å². The molecule has 98 valence electrons. The predicted octanol–water partition coefficient (Wildman–Crippen LogP) is 3.34. The molecule has 0 aliphatic carbocycles. The highest BCUT2D eigenvalue weighted by Crippen LogP contribution is 2.30. The number of hydrogen-bond donors (Lipinski definition) is 0. The Morgan fingerprint density at radius 1 is 1.26 bits per heavy atom. The summed E-state index contributed by atoms with van der Waals surface area (Å²) >= 11 is 0. The Morgan fingerprint density at radius 2 is 2.11 bits per heavy atom. The summed E-state index contributed by atoms with van der Waals surface area (Å²) < 4.78 is 13.7. The van der Waals surface area contributed by atoms with Gasteiger partial charge in [0.25, 0.3) is 0 Å². The largest absolute Gasteiger partial charge is 0.290 e. The van der Waals surface area contributed by atoms with Crippen molar-refractivity contribution < 1.29 is 4.39 Å². The maximum atomic E-state index is 13.7. The average Bonchev–Trinajstić information content (AvgIpc) is 2.44. The topological polar surface area (TPSA) is 16.1 Å². The highest BCUT2D eigenvalue weighted by molar-refractivity contribution is 5.32. The third kappa shape index (κ3) is 2.38. The molecule has 0 bridgehead atoms. The molecule has 2 nitrogen and oxygen atoms in total. The van der Waals surface area contributed by atoms with E-state index in [0.29, 0.717) is 18.3 Å². The molecule has 0 fully saturated rings. The summed E-state index contributed by atoms with van der Waals surface area (Å²) in [6.07, 6.45) is 2.68. The van der Waals surface area contributed by atoms with Gasteiger partial charge in [0.1, 0.15) is 5.82 Å². The van der Waals surface area contributed by atoms with E-state index in [0.717, 1.165) is 13.0 Å². The minimum Gasteiger partial charge on any atom is -0.290 e. The molecular weight excluding hydrogens is 239 g/mol. The molecule has 1 aliphatic rings. The van der Waals surface area contributed by atoms with Gasteiger partial charge in [-0.15, -0.1) is 0 Å². The van der Waals surface area contributed by atoms with Gasteiger partial charge < -0.3 is 0 Å². The lowest BCUT2D eigenvalue weighted by molar-refractivity contribution is 0.185. The van der Waals surface area contributed by atoms with Crippen molar-refractivity contribution in [3.63, 3.8) is 0 Å².